The van der Waals surface area contributed by atoms with E-state index < -0.39 is 15.3 Å². The zero-order chi connectivity index (χ0) is 21.6. The predicted molar refractivity (Wildman–Crippen MR) is 122 cm³/mol. The molecule has 1 aliphatic rings. The molecule has 0 aliphatic carbocycles. The molecule has 0 spiro atoms. The second kappa shape index (κ2) is 10.7. The van der Waals surface area contributed by atoms with Gasteiger partial charge in [-0.2, -0.15) is 4.31 Å². The van der Waals surface area contributed by atoms with Crippen molar-refractivity contribution in [1.82, 2.24) is 9.21 Å². The van der Waals surface area contributed by atoms with Gasteiger partial charge in [0.25, 0.3) is 0 Å². The molecular weight excluding hydrogens is 430 g/mol. The summed E-state index contributed by atoms with van der Waals surface area (Å²) in [5.41, 5.74) is 1.09. The van der Waals surface area contributed by atoms with E-state index >= 15 is 0 Å². The first kappa shape index (κ1) is 24.1. The molecule has 162 valence electrons. The van der Waals surface area contributed by atoms with Gasteiger partial charge in [0, 0.05) is 31.9 Å². The summed E-state index contributed by atoms with van der Waals surface area (Å²) in [4.78, 5) is 14.8. The third-order valence-corrected chi connectivity index (χ3v) is 8.33. The molecule has 2 rings (SSSR count). The van der Waals surface area contributed by atoms with Gasteiger partial charge in [-0.05, 0) is 45.4 Å². The molecule has 1 fully saturated rings. The lowest BCUT2D eigenvalue weighted by molar-refractivity contribution is -0.115. The average molecular weight is 460 g/mol. The molecule has 0 radical (unpaired) electrons. The Hall–Kier alpha value is -1.20. The fourth-order valence-corrected chi connectivity index (χ4v) is 6.11. The molecular formula is C19H29N3O4S3. The summed E-state index contributed by atoms with van der Waals surface area (Å²) < 4.78 is 33.3. The van der Waals surface area contributed by atoms with Gasteiger partial charge < -0.3 is 15.0 Å². The first-order chi connectivity index (χ1) is 13.7. The highest BCUT2D eigenvalue weighted by molar-refractivity contribution is 8.23. The van der Waals surface area contributed by atoms with Gasteiger partial charge >= 0.3 is 0 Å². The van der Waals surface area contributed by atoms with Crippen LogP contribution in [0.2, 0.25) is 0 Å². The number of benzene rings is 1. The van der Waals surface area contributed by atoms with Crippen LogP contribution in [0.25, 0.3) is 0 Å². The normalized spacial score (nSPS) is 16.3. The molecule has 1 unspecified atom stereocenters. The number of hydrogen-bond donors (Lipinski definition) is 1. The Bertz CT molecular complexity index is 835. The number of hydrogen-bond acceptors (Lipinski definition) is 6. The summed E-state index contributed by atoms with van der Waals surface area (Å²) in [5, 5.41) is 2.42. The summed E-state index contributed by atoms with van der Waals surface area (Å²) >= 11 is 6.73. The first-order valence-electron chi connectivity index (χ1n) is 9.65. The lowest BCUT2D eigenvalue weighted by atomic mass is 10.2. The quantitative estimate of drug-likeness (QED) is 0.628. The molecule has 1 aromatic rings. The van der Waals surface area contributed by atoms with Gasteiger partial charge in [0.1, 0.15) is 4.32 Å². The van der Waals surface area contributed by atoms with Crippen molar-refractivity contribution in [2.75, 3.05) is 44.7 Å². The molecule has 1 heterocycles. The van der Waals surface area contributed by atoms with E-state index in [0.717, 1.165) is 13.1 Å². The Kier molecular flexibility index (Phi) is 8.90. The van der Waals surface area contributed by atoms with Crippen LogP contribution in [0.1, 0.15) is 26.3 Å². The van der Waals surface area contributed by atoms with Crippen LogP contribution in [0.15, 0.2) is 23.1 Å². The summed E-state index contributed by atoms with van der Waals surface area (Å²) in [7, 11) is -3.64. The van der Waals surface area contributed by atoms with Crippen LogP contribution in [-0.4, -0.2) is 72.5 Å². The summed E-state index contributed by atoms with van der Waals surface area (Å²) in [6.45, 7) is 10.6. The molecule has 0 bridgehead atoms. The zero-order valence-electron chi connectivity index (χ0n) is 17.3. The molecule has 10 heteroatoms. The lowest BCUT2D eigenvalue weighted by Crippen LogP contribution is -2.40. The maximum Gasteiger partial charge on any atom is 0.243 e. The van der Waals surface area contributed by atoms with Gasteiger partial charge in [-0.1, -0.05) is 30.0 Å². The van der Waals surface area contributed by atoms with Crippen molar-refractivity contribution in [3.8, 4) is 0 Å². The topological polar surface area (TPSA) is 79.0 Å². The van der Waals surface area contributed by atoms with Crippen molar-refractivity contribution in [2.24, 2.45) is 0 Å². The maximum absolute atomic E-state index is 13.0. The van der Waals surface area contributed by atoms with Crippen molar-refractivity contribution in [3.05, 3.63) is 23.8 Å². The summed E-state index contributed by atoms with van der Waals surface area (Å²) in [6, 6.07) is 4.95. The van der Waals surface area contributed by atoms with Crippen LogP contribution in [-0.2, 0) is 19.6 Å². The van der Waals surface area contributed by atoms with Crippen molar-refractivity contribution in [3.63, 3.8) is 0 Å². The number of morpholine rings is 1. The number of ether oxygens (including phenoxy) is 1. The smallest absolute Gasteiger partial charge is 0.243 e. The highest BCUT2D eigenvalue weighted by atomic mass is 32.2. The van der Waals surface area contributed by atoms with E-state index in [-0.39, 0.29) is 10.8 Å². The van der Waals surface area contributed by atoms with Crippen LogP contribution in [0, 0.1) is 6.92 Å². The number of aryl methyl sites for hydroxylation is 1. The molecule has 1 aliphatic heterocycles. The second-order valence-electron chi connectivity index (χ2n) is 6.68. The molecule has 1 N–H and O–H groups in total. The van der Waals surface area contributed by atoms with Crippen molar-refractivity contribution < 1.29 is 17.9 Å². The fourth-order valence-electron chi connectivity index (χ4n) is 2.89. The van der Waals surface area contributed by atoms with Crippen LogP contribution < -0.4 is 5.32 Å². The molecule has 7 nitrogen and oxygen atoms in total. The first-order valence-corrected chi connectivity index (χ1v) is 12.4. The minimum atomic E-state index is -3.64. The lowest BCUT2D eigenvalue weighted by Gasteiger charge is -2.27. The zero-order valence-corrected chi connectivity index (χ0v) is 19.8. The van der Waals surface area contributed by atoms with E-state index in [1.54, 1.807) is 26.0 Å². The number of nitrogens with one attached hydrogen (secondary N) is 1. The van der Waals surface area contributed by atoms with Crippen LogP contribution in [0.3, 0.4) is 0 Å². The number of nitrogens with zero attached hydrogens (tertiary/aromatic N) is 2. The average Bonchev–Trinajstić information content (AvgIpc) is 2.70. The summed E-state index contributed by atoms with van der Waals surface area (Å²) in [5.74, 6) is -0.219. The number of amides is 1. The second-order valence-corrected chi connectivity index (χ2v) is 10.6. The Balaban J connectivity index is 2.12. The van der Waals surface area contributed by atoms with Crippen LogP contribution in [0.4, 0.5) is 5.69 Å². The predicted octanol–water partition coefficient (Wildman–Crippen LogP) is 2.70. The molecule has 1 saturated heterocycles. The van der Waals surface area contributed by atoms with Gasteiger partial charge in [-0.15, -0.1) is 0 Å². The minimum Gasteiger partial charge on any atom is -0.379 e. The molecule has 1 atom stereocenters. The largest absolute Gasteiger partial charge is 0.379 e. The van der Waals surface area contributed by atoms with Gasteiger partial charge in [0.2, 0.25) is 15.9 Å². The molecule has 0 aromatic heterocycles. The van der Waals surface area contributed by atoms with Crippen molar-refractivity contribution in [2.45, 2.75) is 37.8 Å². The third-order valence-electron chi connectivity index (χ3n) is 4.71. The monoisotopic (exact) mass is 459 g/mol. The fraction of sp³-hybridized carbons (Fsp3) is 0.579. The SMILES string of the molecule is CCN(CC)C(=S)SC(C)C(=O)Nc1ccc(C)c(S(=O)(=O)N2CCOCC2)c1. The number of thioether (sulfide) groups is 1. The molecule has 0 saturated carbocycles. The summed E-state index contributed by atoms with van der Waals surface area (Å²) in [6.07, 6.45) is 0. The van der Waals surface area contributed by atoms with E-state index in [4.69, 9.17) is 17.0 Å². The van der Waals surface area contributed by atoms with Gasteiger partial charge in [-0.3, -0.25) is 4.79 Å². The van der Waals surface area contributed by atoms with E-state index in [9.17, 15) is 13.2 Å². The van der Waals surface area contributed by atoms with Gasteiger partial charge in [0.15, 0.2) is 0 Å². The van der Waals surface area contributed by atoms with E-state index in [1.807, 2.05) is 18.7 Å². The maximum atomic E-state index is 13.0. The molecule has 29 heavy (non-hydrogen) atoms. The van der Waals surface area contributed by atoms with Crippen molar-refractivity contribution >= 4 is 49.9 Å². The third kappa shape index (κ3) is 6.14. The Morgan fingerprint density at radius 3 is 2.52 bits per heavy atom. The van der Waals surface area contributed by atoms with Crippen molar-refractivity contribution in [1.29, 1.82) is 0 Å². The van der Waals surface area contributed by atoms with E-state index in [0.29, 0.717) is 41.9 Å². The standard InChI is InChI=1S/C19H29N3O4S3/c1-5-21(6-2)19(27)28-15(4)18(23)20-16-8-7-14(3)17(13-16)29(24,25)22-9-11-26-12-10-22/h7-8,13,15H,5-6,9-12H2,1-4H3,(H,20,23). The van der Waals surface area contributed by atoms with Gasteiger partial charge in [-0.25, -0.2) is 8.42 Å². The number of rotatable bonds is 7. The Morgan fingerprint density at radius 1 is 1.31 bits per heavy atom. The van der Waals surface area contributed by atoms with E-state index in [1.165, 1.54) is 22.1 Å². The Labute approximate surface area is 183 Å². The number of anilines is 1. The minimum absolute atomic E-state index is 0.205. The molecule has 1 aromatic carbocycles. The number of carbonyl (C=O) groups is 1. The molecule has 1 amide bonds. The highest BCUT2D eigenvalue weighted by Gasteiger charge is 2.28. The van der Waals surface area contributed by atoms with E-state index in [2.05, 4.69) is 5.32 Å². The number of thiocarbonyl (C=S) groups is 1. The Morgan fingerprint density at radius 2 is 1.93 bits per heavy atom. The number of sulfonamides is 1. The van der Waals surface area contributed by atoms with Crippen LogP contribution >= 0.6 is 24.0 Å². The van der Waals surface area contributed by atoms with Crippen LogP contribution in [0.5, 0.6) is 0 Å². The van der Waals surface area contributed by atoms with Gasteiger partial charge in [0.05, 0.1) is 23.4 Å². The highest BCUT2D eigenvalue weighted by Crippen LogP contribution is 2.25. The number of carbonyl (C=O) groups excluding carboxylic acids is 1.